The zero-order chi connectivity index (χ0) is 48.9. The number of β-lactam (4-membered cyclic amide) rings is 1. The third-order valence-electron chi connectivity index (χ3n) is 8.53. The first-order valence-electron chi connectivity index (χ1n) is 20.0. The number of hydrogen-bond acceptors (Lipinski definition) is 17. The number of esters is 1. The summed E-state index contributed by atoms with van der Waals surface area (Å²) in [6.45, 7) is 18.3. The summed E-state index contributed by atoms with van der Waals surface area (Å²) in [7, 11) is -3.47. The molecule has 0 spiro atoms. The third kappa shape index (κ3) is 15.5. The summed E-state index contributed by atoms with van der Waals surface area (Å²) < 4.78 is 63.8. The van der Waals surface area contributed by atoms with Crippen LogP contribution < -0.4 is 25.4 Å². The summed E-state index contributed by atoms with van der Waals surface area (Å²) in [5.41, 5.74) is -3.37. The quantitative estimate of drug-likeness (QED) is 0.0195. The van der Waals surface area contributed by atoms with Gasteiger partial charge in [0.05, 0.1) is 23.8 Å². The third-order valence-corrected chi connectivity index (χ3v) is 10.0. The van der Waals surface area contributed by atoms with E-state index in [1.54, 1.807) is 86.6 Å². The molecule has 22 nitrogen and oxygen atoms in total. The normalized spacial score (nSPS) is 15.9. The number of ether oxygens (including phenoxy) is 4. The molecule has 0 aliphatic carbocycles. The second-order valence-electron chi connectivity index (χ2n) is 18.1. The number of thiazole rings is 1. The van der Waals surface area contributed by atoms with Gasteiger partial charge in [-0.3, -0.25) is 14.9 Å². The van der Waals surface area contributed by atoms with E-state index in [4.69, 9.17) is 35.4 Å². The summed E-state index contributed by atoms with van der Waals surface area (Å²) >= 11 is 7.23. The minimum absolute atomic E-state index is 0.131. The standard InChI is InChI=1S/C40H55ClN8O14S2/c1-37(2,3)59-33(52)26(22-58-25-16-14-23(15-17-25)24-20-47(12)48(21-24)19-13-18-42-35(53)60-38(4,5)6)62-46-28(27-30(41)64-34(43-27)45-36(54)61-39(7,8)9)31(50)44-29-32(51)49(40(29,10)11)63-65(55,56)57/h14-17,20-21,26,29H,13,18-19,22H2,1-12H3,(H3-,42,43,44,45,50,53,54,55,56,57)/b46-28-/t26-,29+/m0/s1. The largest absolute Gasteiger partial charge is 0.724 e. The molecule has 3 heterocycles. The highest BCUT2D eigenvalue weighted by atomic mass is 35.5. The lowest BCUT2D eigenvalue weighted by Crippen LogP contribution is -2.76. The van der Waals surface area contributed by atoms with Crippen LogP contribution in [0.2, 0.25) is 4.34 Å². The zero-order valence-electron chi connectivity index (χ0n) is 38.1. The number of aryl methyl sites for hydroxylation is 2. The van der Waals surface area contributed by atoms with Gasteiger partial charge in [-0.1, -0.05) is 40.2 Å². The van der Waals surface area contributed by atoms with Gasteiger partial charge in [-0.25, -0.2) is 27.8 Å². The molecule has 65 heavy (non-hydrogen) atoms. The molecule has 0 bridgehead atoms. The molecule has 2 atom stereocenters. The van der Waals surface area contributed by atoms with Crippen LogP contribution in [0.5, 0.6) is 5.75 Å². The van der Waals surface area contributed by atoms with E-state index in [-0.39, 0.29) is 15.2 Å². The van der Waals surface area contributed by atoms with E-state index in [2.05, 4.69) is 30.4 Å². The van der Waals surface area contributed by atoms with Gasteiger partial charge in [0.15, 0.2) is 17.9 Å². The average Bonchev–Trinajstić information content (AvgIpc) is 3.70. The lowest BCUT2D eigenvalue weighted by Gasteiger charge is -2.51. The first kappa shape index (κ1) is 52.1. The molecule has 1 aliphatic heterocycles. The number of anilines is 1. The topological polar surface area (TPSA) is 271 Å². The molecular weight excluding hydrogens is 916 g/mol. The molecule has 1 fully saturated rings. The number of nitrogens with one attached hydrogen (secondary N) is 3. The number of carbonyl (C=O) groups is 5. The van der Waals surface area contributed by atoms with E-state index >= 15 is 0 Å². The zero-order valence-corrected chi connectivity index (χ0v) is 40.5. The lowest BCUT2D eigenvalue weighted by atomic mass is 9.84. The number of halogens is 1. The molecule has 1 aliphatic rings. The van der Waals surface area contributed by atoms with Gasteiger partial charge in [-0.15, -0.1) is 4.68 Å². The maximum absolute atomic E-state index is 13.9. The molecule has 0 unspecified atom stereocenters. The van der Waals surface area contributed by atoms with Crippen molar-refractivity contribution in [1.29, 1.82) is 0 Å². The van der Waals surface area contributed by atoms with E-state index in [0.29, 0.717) is 41.7 Å². The Kier molecular flexibility index (Phi) is 16.3. The Morgan fingerprint density at radius 3 is 2.14 bits per heavy atom. The molecule has 3 aromatic rings. The maximum atomic E-state index is 13.9. The second-order valence-corrected chi connectivity index (χ2v) is 20.6. The number of aromatic nitrogens is 3. The van der Waals surface area contributed by atoms with Crippen LogP contribution in [-0.2, 0) is 61.7 Å². The first-order chi connectivity index (χ1) is 29.8. The highest BCUT2D eigenvalue weighted by molar-refractivity contribution is 7.80. The fourth-order valence-corrected chi connectivity index (χ4v) is 7.20. The molecule has 25 heteroatoms. The van der Waals surface area contributed by atoms with Crippen LogP contribution >= 0.6 is 22.9 Å². The first-order valence-corrected chi connectivity index (χ1v) is 22.5. The second kappa shape index (κ2) is 20.3. The number of carbonyl (C=O) groups excluding carboxylic acids is 5. The molecule has 0 saturated carbocycles. The van der Waals surface area contributed by atoms with Crippen molar-refractivity contribution in [2.75, 3.05) is 18.5 Å². The Hall–Kier alpha value is -5.56. The van der Waals surface area contributed by atoms with Crippen LogP contribution in [-0.4, -0.2) is 111 Å². The van der Waals surface area contributed by atoms with Gasteiger partial charge >= 0.3 is 18.2 Å². The number of alkyl carbamates (subject to hydrolysis) is 1. The van der Waals surface area contributed by atoms with Crippen molar-refractivity contribution < 1.29 is 69.7 Å². The molecule has 4 amide bonds. The van der Waals surface area contributed by atoms with E-state index in [1.165, 1.54) is 13.8 Å². The van der Waals surface area contributed by atoms with E-state index in [9.17, 15) is 36.9 Å². The fraction of sp³-hybridized carbons (Fsp3) is 0.550. The van der Waals surface area contributed by atoms with Gasteiger partial charge in [-0.05, 0) is 100 Å². The molecule has 358 valence electrons. The highest BCUT2D eigenvalue weighted by Crippen LogP contribution is 2.34. The van der Waals surface area contributed by atoms with Gasteiger partial charge < -0.3 is 39.0 Å². The van der Waals surface area contributed by atoms with Gasteiger partial charge in [0.2, 0.25) is 16.6 Å². The van der Waals surface area contributed by atoms with Crippen LogP contribution in [0.1, 0.15) is 88.3 Å². The summed E-state index contributed by atoms with van der Waals surface area (Å²) in [6, 6.07) is 5.47. The number of benzene rings is 1. The number of nitrogens with zero attached hydrogens (tertiary/aromatic N) is 5. The summed E-state index contributed by atoms with van der Waals surface area (Å²) in [4.78, 5) is 74.7. The van der Waals surface area contributed by atoms with Crippen molar-refractivity contribution in [3.05, 3.63) is 46.7 Å². The summed E-state index contributed by atoms with van der Waals surface area (Å²) in [5, 5.41) is 11.7. The van der Waals surface area contributed by atoms with Crippen molar-refractivity contribution in [3.8, 4) is 16.9 Å². The minimum atomic E-state index is -5.36. The number of amides is 4. The monoisotopic (exact) mass is 970 g/mol. The van der Waals surface area contributed by atoms with E-state index < -0.39 is 87.2 Å². The van der Waals surface area contributed by atoms with Gasteiger partial charge in [0, 0.05) is 6.54 Å². The minimum Gasteiger partial charge on any atom is -0.724 e. The molecule has 4 rings (SSSR count). The molecular formula is C40H55ClN8O14S2. The van der Waals surface area contributed by atoms with Gasteiger partial charge in [-0.2, -0.15) is 14.0 Å². The van der Waals surface area contributed by atoms with Crippen molar-refractivity contribution >= 4 is 74.2 Å². The Labute approximate surface area is 385 Å². The predicted molar refractivity (Wildman–Crippen MR) is 233 cm³/mol. The molecule has 1 aromatic carbocycles. The number of hydrogen-bond donors (Lipinski definition) is 3. The van der Waals surface area contributed by atoms with E-state index in [1.807, 2.05) is 28.8 Å². The number of hydroxylamine groups is 2. The number of oxime groups is 1. The smallest absolute Gasteiger partial charge is 0.413 e. The van der Waals surface area contributed by atoms with Crippen LogP contribution in [0.25, 0.3) is 11.1 Å². The van der Waals surface area contributed by atoms with Gasteiger partial charge in [0.1, 0.15) is 45.2 Å². The van der Waals surface area contributed by atoms with Crippen molar-refractivity contribution in [3.63, 3.8) is 0 Å². The Morgan fingerprint density at radius 1 is 0.969 bits per heavy atom. The SMILES string of the molecule is C[n+]1cc(-c2ccc(OC[C@H](O/N=C(\C(=O)N[C@@H]3C(=O)N(OS(=O)(=O)[O-])C3(C)C)c3nc(NC(=O)OC(C)(C)C)sc3Cl)C(=O)OC(C)(C)C)cc2)cn1CCCNC(=O)OC(C)(C)C. The van der Waals surface area contributed by atoms with Crippen molar-refractivity contribution in [1.82, 2.24) is 25.4 Å². The van der Waals surface area contributed by atoms with Crippen LogP contribution in [0, 0.1) is 0 Å². The van der Waals surface area contributed by atoms with Crippen molar-refractivity contribution in [2.24, 2.45) is 12.2 Å². The Balaban J connectivity index is 1.56. The lowest BCUT2D eigenvalue weighted by molar-refractivity contribution is -0.753. The molecule has 3 N–H and O–H groups in total. The van der Waals surface area contributed by atoms with Crippen molar-refractivity contribution in [2.45, 2.75) is 124 Å². The van der Waals surface area contributed by atoms with E-state index in [0.717, 1.165) is 11.1 Å². The van der Waals surface area contributed by atoms with Crippen LogP contribution in [0.15, 0.2) is 41.8 Å². The molecule has 1 saturated heterocycles. The molecule has 0 radical (unpaired) electrons. The van der Waals surface area contributed by atoms with Crippen LogP contribution in [0.3, 0.4) is 0 Å². The molecule has 2 aromatic heterocycles. The summed E-state index contributed by atoms with van der Waals surface area (Å²) in [5.74, 6) is -2.87. The van der Waals surface area contributed by atoms with Gasteiger partial charge in [0.25, 0.3) is 17.9 Å². The number of rotatable bonds is 17. The Bertz CT molecular complexity index is 2380. The predicted octanol–water partition coefficient (Wildman–Crippen LogP) is 4.36. The highest BCUT2D eigenvalue weighted by Gasteiger charge is 2.57. The van der Waals surface area contributed by atoms with Crippen LogP contribution in [0.4, 0.5) is 14.7 Å². The average molecular weight is 972 g/mol. The fourth-order valence-electron chi connectivity index (χ4n) is 5.72. The summed E-state index contributed by atoms with van der Waals surface area (Å²) in [6.07, 6.45) is 1.54. The maximum Gasteiger partial charge on any atom is 0.413 e. The Morgan fingerprint density at radius 2 is 1.57 bits per heavy atom.